The van der Waals surface area contributed by atoms with Crippen LogP contribution in [0.15, 0.2) is 29.3 Å². The number of halogens is 1. The van der Waals surface area contributed by atoms with Gasteiger partial charge in [0.25, 0.3) is 0 Å². The fourth-order valence-corrected chi connectivity index (χ4v) is 2.67. The highest BCUT2D eigenvalue weighted by Crippen LogP contribution is 2.28. The van der Waals surface area contributed by atoms with E-state index in [2.05, 4.69) is 35.9 Å². The second kappa shape index (κ2) is 9.09. The molecule has 1 aromatic carbocycles. The first kappa shape index (κ1) is 19.6. The van der Waals surface area contributed by atoms with Gasteiger partial charge in [0.05, 0.1) is 6.54 Å². The van der Waals surface area contributed by atoms with Gasteiger partial charge in [-0.15, -0.1) is 0 Å². The van der Waals surface area contributed by atoms with Crippen LogP contribution in [-0.4, -0.2) is 38.0 Å². The third-order valence-electron chi connectivity index (χ3n) is 4.25. The quantitative estimate of drug-likeness (QED) is 0.377. The summed E-state index contributed by atoms with van der Waals surface area (Å²) in [6.45, 7) is 9.03. The molecule has 1 saturated carbocycles. The number of hydrogen-bond donors (Lipinski definition) is 3. The lowest BCUT2D eigenvalue weighted by Crippen LogP contribution is -2.42. The topological polar surface area (TPSA) is 65.5 Å². The van der Waals surface area contributed by atoms with Gasteiger partial charge >= 0.3 is 0 Å². The second-order valence-electron chi connectivity index (χ2n) is 7.08. The van der Waals surface area contributed by atoms with Crippen LogP contribution in [0.3, 0.4) is 0 Å². The molecule has 2 rings (SSSR count). The molecule has 0 heterocycles. The van der Waals surface area contributed by atoms with E-state index < -0.39 is 0 Å². The summed E-state index contributed by atoms with van der Waals surface area (Å²) in [5.41, 5.74) is 1.05. The number of guanidine groups is 1. The average Bonchev–Trinajstić information content (AvgIpc) is 3.41. The van der Waals surface area contributed by atoms with E-state index in [-0.39, 0.29) is 17.2 Å². The first-order valence-corrected chi connectivity index (χ1v) is 9.36. The number of carbonyl (C=O) groups excluding carboxylic acids is 1. The maximum Gasteiger partial charge on any atom is 0.223 e. The Labute approximate surface area is 155 Å². The summed E-state index contributed by atoms with van der Waals surface area (Å²) in [7, 11) is 0. The summed E-state index contributed by atoms with van der Waals surface area (Å²) in [5, 5.41) is 10.2. The van der Waals surface area contributed by atoms with Gasteiger partial charge in [-0.1, -0.05) is 37.6 Å². The summed E-state index contributed by atoms with van der Waals surface area (Å²) in [4.78, 5) is 16.3. The van der Waals surface area contributed by atoms with E-state index in [1.165, 1.54) is 0 Å². The molecule has 0 bridgehead atoms. The van der Waals surface area contributed by atoms with Gasteiger partial charge in [-0.2, -0.15) is 0 Å². The molecule has 1 aliphatic rings. The van der Waals surface area contributed by atoms with Gasteiger partial charge in [0, 0.05) is 36.0 Å². The van der Waals surface area contributed by atoms with Crippen molar-refractivity contribution in [1.82, 2.24) is 16.0 Å². The number of rotatable bonds is 8. The molecule has 0 spiro atoms. The Balaban J connectivity index is 1.85. The van der Waals surface area contributed by atoms with Gasteiger partial charge in [-0.3, -0.25) is 9.79 Å². The van der Waals surface area contributed by atoms with Crippen molar-refractivity contribution in [3.05, 3.63) is 34.9 Å². The maximum atomic E-state index is 11.6. The van der Waals surface area contributed by atoms with Crippen LogP contribution < -0.4 is 16.0 Å². The largest absolute Gasteiger partial charge is 0.357 e. The number of hydrogen-bond acceptors (Lipinski definition) is 2. The summed E-state index contributed by atoms with van der Waals surface area (Å²) < 4.78 is 0. The molecule has 25 heavy (non-hydrogen) atoms. The second-order valence-corrected chi connectivity index (χ2v) is 7.52. The Bertz CT molecular complexity index is 611. The minimum absolute atomic E-state index is 0.118. The Hall–Kier alpha value is -1.75. The molecule has 1 amide bonds. The van der Waals surface area contributed by atoms with Crippen molar-refractivity contribution in [2.24, 2.45) is 10.9 Å². The molecule has 1 aromatic rings. The minimum Gasteiger partial charge on any atom is -0.357 e. The highest BCUT2D eigenvalue weighted by molar-refractivity contribution is 6.30. The number of carbonyl (C=O) groups is 1. The molecule has 1 aliphatic carbocycles. The molecular formula is C19H29ClN4O. The third kappa shape index (κ3) is 6.58. The van der Waals surface area contributed by atoms with E-state index >= 15 is 0 Å². The molecule has 0 radical (unpaired) electrons. The molecular weight excluding hydrogens is 336 g/mol. The van der Waals surface area contributed by atoms with E-state index in [9.17, 15) is 4.79 Å². The Kier molecular flexibility index (Phi) is 7.12. The highest BCUT2D eigenvalue weighted by atomic mass is 35.5. The zero-order valence-corrected chi connectivity index (χ0v) is 16.1. The number of nitrogens with zero attached hydrogens (tertiary/aromatic N) is 1. The third-order valence-corrected chi connectivity index (χ3v) is 4.48. The van der Waals surface area contributed by atoms with Crippen LogP contribution in [0.1, 0.15) is 39.2 Å². The van der Waals surface area contributed by atoms with Crippen LogP contribution in [0.4, 0.5) is 0 Å². The van der Waals surface area contributed by atoms with Crippen molar-refractivity contribution in [3.8, 4) is 0 Å². The van der Waals surface area contributed by atoms with E-state index in [0.717, 1.165) is 35.9 Å². The van der Waals surface area contributed by atoms with Crippen molar-refractivity contribution in [2.75, 3.05) is 26.2 Å². The molecule has 0 unspecified atom stereocenters. The molecule has 138 valence electrons. The summed E-state index contributed by atoms with van der Waals surface area (Å²) in [5.74, 6) is 1.18. The number of aliphatic imine (C=N–C) groups is 1. The molecule has 0 aliphatic heterocycles. The molecule has 6 heteroatoms. The molecule has 0 atom stereocenters. The lowest BCUT2D eigenvalue weighted by Gasteiger charge is -2.24. The smallest absolute Gasteiger partial charge is 0.223 e. The lowest BCUT2D eigenvalue weighted by atomic mass is 9.85. The highest BCUT2D eigenvalue weighted by Gasteiger charge is 2.29. The van der Waals surface area contributed by atoms with Crippen molar-refractivity contribution in [2.45, 2.75) is 39.0 Å². The average molecular weight is 365 g/mol. The standard InChI is InChI=1S/C19H29ClN4O/c1-4-21-18(23-11-10-22-17(25)14-8-9-14)24-13-19(2,3)15-6-5-7-16(20)12-15/h5-7,12,14H,4,8-11,13H2,1-3H3,(H,22,25)(H2,21,23,24). The minimum atomic E-state index is -0.118. The first-order valence-electron chi connectivity index (χ1n) is 8.98. The molecule has 0 saturated heterocycles. The monoisotopic (exact) mass is 364 g/mol. The van der Waals surface area contributed by atoms with Crippen LogP contribution in [0.25, 0.3) is 0 Å². The lowest BCUT2D eigenvalue weighted by molar-refractivity contribution is -0.122. The summed E-state index contributed by atoms with van der Waals surface area (Å²) in [6, 6.07) is 7.92. The molecule has 1 fully saturated rings. The van der Waals surface area contributed by atoms with E-state index in [1.807, 2.05) is 25.1 Å². The SMILES string of the molecule is CCNC(=NCC(C)(C)c1cccc(Cl)c1)NCCNC(=O)C1CC1. The zero-order valence-electron chi connectivity index (χ0n) is 15.4. The van der Waals surface area contributed by atoms with Crippen LogP contribution >= 0.6 is 11.6 Å². The molecule has 5 nitrogen and oxygen atoms in total. The summed E-state index contributed by atoms with van der Waals surface area (Å²) >= 11 is 6.10. The Morgan fingerprint density at radius 3 is 2.60 bits per heavy atom. The van der Waals surface area contributed by atoms with E-state index in [4.69, 9.17) is 16.6 Å². The molecule has 0 aromatic heterocycles. The van der Waals surface area contributed by atoms with Gasteiger partial charge in [-0.05, 0) is 37.5 Å². The zero-order chi connectivity index (χ0) is 18.3. The van der Waals surface area contributed by atoms with Crippen LogP contribution in [0.2, 0.25) is 5.02 Å². The van der Waals surface area contributed by atoms with Gasteiger partial charge < -0.3 is 16.0 Å². The normalized spacial score (nSPS) is 15.0. The maximum absolute atomic E-state index is 11.6. The number of benzene rings is 1. The molecule has 3 N–H and O–H groups in total. The van der Waals surface area contributed by atoms with Crippen molar-refractivity contribution < 1.29 is 4.79 Å². The van der Waals surface area contributed by atoms with Crippen molar-refractivity contribution >= 4 is 23.5 Å². The Morgan fingerprint density at radius 2 is 1.96 bits per heavy atom. The predicted octanol–water partition coefficient (Wildman–Crippen LogP) is 2.70. The van der Waals surface area contributed by atoms with Crippen LogP contribution in [0, 0.1) is 5.92 Å². The van der Waals surface area contributed by atoms with Crippen molar-refractivity contribution in [1.29, 1.82) is 0 Å². The fourth-order valence-electron chi connectivity index (χ4n) is 2.48. The van der Waals surface area contributed by atoms with Gasteiger partial charge in [-0.25, -0.2) is 0 Å². The number of amides is 1. The summed E-state index contributed by atoms with van der Waals surface area (Å²) in [6.07, 6.45) is 2.06. The van der Waals surface area contributed by atoms with Gasteiger partial charge in [0.2, 0.25) is 5.91 Å². The van der Waals surface area contributed by atoms with Crippen LogP contribution in [0.5, 0.6) is 0 Å². The Morgan fingerprint density at radius 1 is 1.24 bits per heavy atom. The first-order chi connectivity index (χ1) is 11.9. The van der Waals surface area contributed by atoms with Crippen molar-refractivity contribution in [3.63, 3.8) is 0 Å². The fraction of sp³-hybridized carbons (Fsp3) is 0.579. The van der Waals surface area contributed by atoms with E-state index in [0.29, 0.717) is 19.6 Å². The van der Waals surface area contributed by atoms with Gasteiger partial charge in [0.15, 0.2) is 5.96 Å². The van der Waals surface area contributed by atoms with E-state index in [1.54, 1.807) is 0 Å². The van der Waals surface area contributed by atoms with Crippen LogP contribution in [-0.2, 0) is 10.2 Å². The van der Waals surface area contributed by atoms with Gasteiger partial charge in [0.1, 0.15) is 0 Å². The number of nitrogens with one attached hydrogen (secondary N) is 3. The predicted molar refractivity (Wildman–Crippen MR) is 104 cm³/mol.